The standard InChI is InChI=1S/C13H17NO/c1-5-11-9(2)14(3)13-7-6-10(15-4)8-12(11)13/h6-8H,5H2,1-4H3. The van der Waals surface area contributed by atoms with Crippen LogP contribution in [0.2, 0.25) is 0 Å². The second-order valence-corrected chi connectivity index (χ2v) is 3.86. The van der Waals surface area contributed by atoms with Gasteiger partial charge in [0.25, 0.3) is 0 Å². The Labute approximate surface area is 90.5 Å². The Morgan fingerprint density at radius 3 is 2.67 bits per heavy atom. The third kappa shape index (κ3) is 1.41. The first-order chi connectivity index (χ1) is 7.19. The van der Waals surface area contributed by atoms with E-state index in [1.807, 2.05) is 6.07 Å². The van der Waals surface area contributed by atoms with Gasteiger partial charge in [0, 0.05) is 23.6 Å². The Kier molecular flexibility index (Phi) is 2.43. The zero-order valence-corrected chi connectivity index (χ0v) is 9.79. The highest BCUT2D eigenvalue weighted by atomic mass is 16.5. The molecule has 0 spiro atoms. The van der Waals surface area contributed by atoms with Crippen molar-refractivity contribution < 1.29 is 4.74 Å². The van der Waals surface area contributed by atoms with Crippen molar-refractivity contribution in [3.05, 3.63) is 29.5 Å². The van der Waals surface area contributed by atoms with Gasteiger partial charge in [0.05, 0.1) is 7.11 Å². The van der Waals surface area contributed by atoms with E-state index in [9.17, 15) is 0 Å². The zero-order valence-electron chi connectivity index (χ0n) is 9.79. The summed E-state index contributed by atoms with van der Waals surface area (Å²) in [5.41, 5.74) is 4.05. The Morgan fingerprint density at radius 1 is 1.33 bits per heavy atom. The van der Waals surface area contributed by atoms with E-state index in [2.05, 4.69) is 37.6 Å². The van der Waals surface area contributed by atoms with Gasteiger partial charge in [0.2, 0.25) is 0 Å². The van der Waals surface area contributed by atoms with E-state index in [0.717, 1.165) is 12.2 Å². The van der Waals surface area contributed by atoms with Crippen molar-refractivity contribution in [2.45, 2.75) is 20.3 Å². The second-order valence-electron chi connectivity index (χ2n) is 3.86. The van der Waals surface area contributed by atoms with Gasteiger partial charge in [-0.25, -0.2) is 0 Å². The fourth-order valence-electron chi connectivity index (χ4n) is 2.20. The lowest BCUT2D eigenvalue weighted by Gasteiger charge is -2.01. The Morgan fingerprint density at radius 2 is 2.07 bits per heavy atom. The summed E-state index contributed by atoms with van der Waals surface area (Å²) >= 11 is 0. The minimum atomic E-state index is 0.933. The highest BCUT2D eigenvalue weighted by molar-refractivity contribution is 5.86. The summed E-state index contributed by atoms with van der Waals surface area (Å²) in [6, 6.07) is 6.27. The van der Waals surface area contributed by atoms with Crippen LogP contribution >= 0.6 is 0 Å². The minimum absolute atomic E-state index is 0.933. The maximum absolute atomic E-state index is 5.26. The molecule has 1 aromatic heterocycles. The summed E-state index contributed by atoms with van der Waals surface area (Å²) in [6.07, 6.45) is 1.07. The van der Waals surface area contributed by atoms with Gasteiger partial charge >= 0.3 is 0 Å². The summed E-state index contributed by atoms with van der Waals surface area (Å²) < 4.78 is 7.51. The summed E-state index contributed by atoms with van der Waals surface area (Å²) in [5, 5.41) is 1.32. The monoisotopic (exact) mass is 203 g/mol. The van der Waals surface area contributed by atoms with Crippen molar-refractivity contribution in [2.24, 2.45) is 7.05 Å². The first-order valence-electron chi connectivity index (χ1n) is 5.31. The normalized spacial score (nSPS) is 10.9. The lowest BCUT2D eigenvalue weighted by Crippen LogP contribution is -1.91. The number of aryl methyl sites for hydroxylation is 2. The van der Waals surface area contributed by atoms with Crippen LogP contribution in [-0.2, 0) is 13.5 Å². The Bertz CT molecular complexity index is 497. The topological polar surface area (TPSA) is 14.2 Å². The second kappa shape index (κ2) is 3.61. The summed E-state index contributed by atoms with van der Waals surface area (Å²) in [7, 11) is 3.83. The molecule has 80 valence electrons. The van der Waals surface area contributed by atoms with E-state index in [4.69, 9.17) is 4.74 Å². The smallest absolute Gasteiger partial charge is 0.119 e. The van der Waals surface area contributed by atoms with Crippen LogP contribution in [0.1, 0.15) is 18.2 Å². The molecule has 0 unspecified atom stereocenters. The molecule has 0 saturated heterocycles. The first-order valence-corrected chi connectivity index (χ1v) is 5.31. The summed E-state index contributed by atoms with van der Waals surface area (Å²) in [5.74, 6) is 0.933. The van der Waals surface area contributed by atoms with Crippen LogP contribution in [-0.4, -0.2) is 11.7 Å². The number of rotatable bonds is 2. The molecule has 1 aromatic carbocycles. The lowest BCUT2D eigenvalue weighted by molar-refractivity contribution is 0.415. The fraction of sp³-hybridized carbons (Fsp3) is 0.385. The molecular formula is C13H17NO. The van der Waals surface area contributed by atoms with Gasteiger partial charge in [-0.15, -0.1) is 0 Å². The van der Waals surface area contributed by atoms with Crippen molar-refractivity contribution >= 4 is 10.9 Å². The SMILES string of the molecule is CCc1c(C)n(C)c2ccc(OC)cc12. The van der Waals surface area contributed by atoms with Gasteiger partial charge in [-0.05, 0) is 37.1 Å². The van der Waals surface area contributed by atoms with Crippen molar-refractivity contribution in [3.63, 3.8) is 0 Å². The van der Waals surface area contributed by atoms with Gasteiger partial charge in [-0.3, -0.25) is 0 Å². The third-order valence-electron chi connectivity index (χ3n) is 3.18. The fourth-order valence-corrected chi connectivity index (χ4v) is 2.20. The van der Waals surface area contributed by atoms with Crippen LogP contribution in [0.3, 0.4) is 0 Å². The number of aromatic nitrogens is 1. The molecule has 0 aliphatic heterocycles. The lowest BCUT2D eigenvalue weighted by atomic mass is 10.1. The van der Waals surface area contributed by atoms with Gasteiger partial charge in [0.15, 0.2) is 0 Å². The van der Waals surface area contributed by atoms with Crippen LogP contribution in [0, 0.1) is 6.92 Å². The molecule has 0 radical (unpaired) electrons. The van der Waals surface area contributed by atoms with Crippen LogP contribution in [0.4, 0.5) is 0 Å². The van der Waals surface area contributed by atoms with Crippen molar-refractivity contribution in [1.29, 1.82) is 0 Å². The molecule has 2 nitrogen and oxygen atoms in total. The van der Waals surface area contributed by atoms with Crippen LogP contribution in [0.5, 0.6) is 5.75 Å². The molecule has 0 fully saturated rings. The summed E-state index contributed by atoms with van der Waals surface area (Å²) in [4.78, 5) is 0. The molecule has 1 heterocycles. The average Bonchev–Trinajstić information content (AvgIpc) is 2.51. The van der Waals surface area contributed by atoms with Crippen molar-refractivity contribution in [3.8, 4) is 5.75 Å². The van der Waals surface area contributed by atoms with E-state index >= 15 is 0 Å². The molecule has 15 heavy (non-hydrogen) atoms. The van der Waals surface area contributed by atoms with Crippen LogP contribution in [0.25, 0.3) is 10.9 Å². The molecule has 0 saturated carbocycles. The largest absolute Gasteiger partial charge is 0.497 e. The quantitative estimate of drug-likeness (QED) is 0.731. The molecule has 2 rings (SSSR count). The number of benzene rings is 1. The number of hydrogen-bond donors (Lipinski definition) is 0. The predicted molar refractivity (Wildman–Crippen MR) is 63.6 cm³/mol. The summed E-state index contributed by atoms with van der Waals surface area (Å²) in [6.45, 7) is 4.37. The number of fused-ring (bicyclic) bond motifs is 1. The average molecular weight is 203 g/mol. The van der Waals surface area contributed by atoms with E-state index in [0.29, 0.717) is 0 Å². The number of hydrogen-bond acceptors (Lipinski definition) is 1. The molecular weight excluding hydrogens is 186 g/mol. The van der Waals surface area contributed by atoms with Crippen molar-refractivity contribution in [2.75, 3.05) is 7.11 Å². The van der Waals surface area contributed by atoms with E-state index in [-0.39, 0.29) is 0 Å². The van der Waals surface area contributed by atoms with Crippen molar-refractivity contribution in [1.82, 2.24) is 4.57 Å². The van der Waals surface area contributed by atoms with Gasteiger partial charge in [-0.1, -0.05) is 6.92 Å². The number of ether oxygens (including phenoxy) is 1. The maximum Gasteiger partial charge on any atom is 0.119 e. The molecule has 0 bridgehead atoms. The zero-order chi connectivity index (χ0) is 11.0. The van der Waals surface area contributed by atoms with E-state index in [1.54, 1.807) is 7.11 Å². The molecule has 0 aliphatic rings. The molecule has 0 atom stereocenters. The molecule has 2 heteroatoms. The number of methoxy groups -OCH3 is 1. The van der Waals surface area contributed by atoms with Crippen LogP contribution < -0.4 is 4.74 Å². The highest BCUT2D eigenvalue weighted by Gasteiger charge is 2.10. The highest BCUT2D eigenvalue weighted by Crippen LogP contribution is 2.28. The number of nitrogens with zero attached hydrogens (tertiary/aromatic N) is 1. The maximum atomic E-state index is 5.26. The molecule has 0 N–H and O–H groups in total. The molecule has 2 aromatic rings. The minimum Gasteiger partial charge on any atom is -0.497 e. The Balaban J connectivity index is 2.80. The van der Waals surface area contributed by atoms with E-state index < -0.39 is 0 Å². The third-order valence-corrected chi connectivity index (χ3v) is 3.18. The predicted octanol–water partition coefficient (Wildman–Crippen LogP) is 3.06. The van der Waals surface area contributed by atoms with Gasteiger partial charge in [0.1, 0.15) is 5.75 Å². The van der Waals surface area contributed by atoms with E-state index in [1.165, 1.54) is 22.2 Å². The molecule has 0 aliphatic carbocycles. The van der Waals surface area contributed by atoms with Gasteiger partial charge in [-0.2, -0.15) is 0 Å². The van der Waals surface area contributed by atoms with Gasteiger partial charge < -0.3 is 9.30 Å². The molecule has 0 amide bonds. The Hall–Kier alpha value is -1.44. The first kappa shape index (κ1) is 10.1. The van der Waals surface area contributed by atoms with Crippen LogP contribution in [0.15, 0.2) is 18.2 Å².